The fraction of sp³-hybridized carbons (Fsp3) is 0. The lowest BCUT2D eigenvalue weighted by molar-refractivity contribution is 0.432. The fourth-order valence-electron chi connectivity index (χ4n) is 1.78. The third-order valence-electron chi connectivity index (χ3n) is 2.77. The third-order valence-corrected chi connectivity index (χ3v) is 3.02. The number of nitrogens with zero attached hydrogens (tertiary/aromatic N) is 2. The van der Waals surface area contributed by atoms with Gasteiger partial charge in [0.1, 0.15) is 5.82 Å². The first kappa shape index (κ1) is 12.6. The van der Waals surface area contributed by atoms with Crippen LogP contribution in [0.3, 0.4) is 0 Å². The van der Waals surface area contributed by atoms with Crippen LogP contribution in [0.1, 0.15) is 0 Å². The summed E-state index contributed by atoms with van der Waals surface area (Å²) in [5, 5.41) is 4.50. The average Bonchev–Trinajstić information content (AvgIpc) is 2.89. The van der Waals surface area contributed by atoms with E-state index in [0.717, 1.165) is 5.56 Å². The second kappa shape index (κ2) is 4.94. The third kappa shape index (κ3) is 2.35. The van der Waals surface area contributed by atoms with Crippen molar-refractivity contribution >= 4 is 17.3 Å². The van der Waals surface area contributed by atoms with Gasteiger partial charge in [-0.1, -0.05) is 16.8 Å². The lowest BCUT2D eigenvalue weighted by Crippen LogP contribution is -1.91. The maximum absolute atomic E-state index is 13.0. The van der Waals surface area contributed by atoms with E-state index in [9.17, 15) is 4.39 Å². The van der Waals surface area contributed by atoms with Crippen LogP contribution in [0.4, 0.5) is 10.1 Å². The zero-order chi connectivity index (χ0) is 14.1. The number of nitrogens with two attached hydrogens (primary N) is 1. The summed E-state index contributed by atoms with van der Waals surface area (Å²) < 4.78 is 18.2. The summed E-state index contributed by atoms with van der Waals surface area (Å²) in [4.78, 5) is 4.25. The SMILES string of the molecule is Nc1cc(F)ccc1-c1nc(-c2ccc(Cl)cc2)no1. The number of aromatic nitrogens is 2. The van der Waals surface area contributed by atoms with Gasteiger partial charge in [-0.3, -0.25) is 0 Å². The van der Waals surface area contributed by atoms with Crippen LogP contribution >= 0.6 is 11.6 Å². The molecule has 2 N–H and O–H groups in total. The second-order valence-electron chi connectivity index (χ2n) is 4.16. The molecular formula is C14H9ClFN3O. The first-order valence-electron chi connectivity index (χ1n) is 5.78. The van der Waals surface area contributed by atoms with Crippen LogP contribution in [0.5, 0.6) is 0 Å². The molecule has 3 aromatic rings. The topological polar surface area (TPSA) is 64.9 Å². The number of nitrogen functional groups attached to an aromatic ring is 1. The Balaban J connectivity index is 1.99. The lowest BCUT2D eigenvalue weighted by Gasteiger charge is -1.99. The zero-order valence-electron chi connectivity index (χ0n) is 10.2. The highest BCUT2D eigenvalue weighted by Gasteiger charge is 2.13. The summed E-state index contributed by atoms with van der Waals surface area (Å²) in [6, 6.07) is 11.0. The van der Waals surface area contributed by atoms with Gasteiger partial charge in [0.2, 0.25) is 5.82 Å². The number of anilines is 1. The van der Waals surface area contributed by atoms with Crippen molar-refractivity contribution in [1.82, 2.24) is 10.1 Å². The Kier molecular flexibility index (Phi) is 3.12. The van der Waals surface area contributed by atoms with Crippen molar-refractivity contribution in [2.45, 2.75) is 0 Å². The highest BCUT2D eigenvalue weighted by atomic mass is 35.5. The van der Waals surface area contributed by atoms with Gasteiger partial charge in [-0.05, 0) is 42.5 Å². The van der Waals surface area contributed by atoms with Gasteiger partial charge in [0.15, 0.2) is 0 Å². The van der Waals surface area contributed by atoms with Gasteiger partial charge in [0, 0.05) is 16.3 Å². The molecule has 0 atom stereocenters. The summed E-state index contributed by atoms with van der Waals surface area (Å²) >= 11 is 5.82. The standard InChI is InChI=1S/C14H9ClFN3O/c15-9-3-1-8(2-4-9)13-18-14(20-19-13)11-6-5-10(16)7-12(11)17/h1-7H,17H2. The molecule has 100 valence electrons. The predicted octanol–water partition coefficient (Wildman–Crippen LogP) is 3.78. The summed E-state index contributed by atoms with van der Waals surface area (Å²) in [6.07, 6.45) is 0. The minimum atomic E-state index is -0.413. The lowest BCUT2D eigenvalue weighted by atomic mass is 10.1. The monoisotopic (exact) mass is 289 g/mol. The molecule has 3 rings (SSSR count). The normalized spacial score (nSPS) is 10.7. The molecule has 0 unspecified atom stereocenters. The quantitative estimate of drug-likeness (QED) is 0.729. The second-order valence-corrected chi connectivity index (χ2v) is 4.60. The van der Waals surface area contributed by atoms with E-state index in [1.165, 1.54) is 18.2 Å². The molecule has 1 heterocycles. The van der Waals surface area contributed by atoms with E-state index in [0.29, 0.717) is 16.4 Å². The first-order chi connectivity index (χ1) is 9.63. The Morgan fingerprint density at radius 2 is 1.85 bits per heavy atom. The van der Waals surface area contributed by atoms with Crippen molar-refractivity contribution in [2.75, 3.05) is 5.73 Å². The van der Waals surface area contributed by atoms with Crippen LogP contribution in [0.15, 0.2) is 47.0 Å². The maximum atomic E-state index is 13.0. The summed E-state index contributed by atoms with van der Waals surface area (Å²) in [5.41, 5.74) is 7.25. The fourth-order valence-corrected chi connectivity index (χ4v) is 1.90. The molecule has 0 amide bonds. The number of rotatable bonds is 2. The number of hydrogen-bond acceptors (Lipinski definition) is 4. The van der Waals surface area contributed by atoms with Crippen LogP contribution in [0.2, 0.25) is 5.02 Å². The highest BCUT2D eigenvalue weighted by Crippen LogP contribution is 2.27. The summed E-state index contributed by atoms with van der Waals surface area (Å²) in [5.74, 6) is 0.247. The van der Waals surface area contributed by atoms with Crippen molar-refractivity contribution in [1.29, 1.82) is 0 Å². The highest BCUT2D eigenvalue weighted by molar-refractivity contribution is 6.30. The molecule has 0 bridgehead atoms. The average molecular weight is 290 g/mol. The minimum Gasteiger partial charge on any atom is -0.398 e. The van der Waals surface area contributed by atoms with Gasteiger partial charge in [-0.2, -0.15) is 4.98 Å². The summed E-state index contributed by atoms with van der Waals surface area (Å²) in [6.45, 7) is 0. The Hall–Kier alpha value is -2.40. The molecule has 0 aliphatic carbocycles. The molecule has 0 radical (unpaired) electrons. The molecule has 4 nitrogen and oxygen atoms in total. The molecule has 0 aliphatic rings. The van der Waals surface area contributed by atoms with Crippen molar-refractivity contribution in [3.05, 3.63) is 53.3 Å². The number of halogens is 2. The van der Waals surface area contributed by atoms with E-state index in [1.807, 2.05) is 0 Å². The molecule has 6 heteroatoms. The van der Waals surface area contributed by atoms with Gasteiger partial charge in [0.25, 0.3) is 5.89 Å². The van der Waals surface area contributed by atoms with E-state index in [4.69, 9.17) is 21.9 Å². The van der Waals surface area contributed by atoms with Crippen LogP contribution in [-0.2, 0) is 0 Å². The Labute approximate surface area is 119 Å². The predicted molar refractivity (Wildman–Crippen MR) is 74.6 cm³/mol. The molecule has 0 aliphatic heterocycles. The van der Waals surface area contributed by atoms with Crippen LogP contribution in [-0.4, -0.2) is 10.1 Å². The molecule has 20 heavy (non-hydrogen) atoms. The van der Waals surface area contributed by atoms with Crippen LogP contribution in [0.25, 0.3) is 22.8 Å². The molecule has 0 spiro atoms. The van der Waals surface area contributed by atoms with Crippen molar-refractivity contribution in [3.8, 4) is 22.8 Å². The smallest absolute Gasteiger partial charge is 0.260 e. The van der Waals surface area contributed by atoms with Crippen LogP contribution < -0.4 is 5.73 Å². The Morgan fingerprint density at radius 3 is 2.55 bits per heavy atom. The molecule has 2 aromatic carbocycles. The number of benzene rings is 2. The molecule has 0 saturated heterocycles. The zero-order valence-corrected chi connectivity index (χ0v) is 10.9. The molecule has 0 fully saturated rings. The minimum absolute atomic E-state index is 0.243. The van der Waals surface area contributed by atoms with E-state index in [1.54, 1.807) is 24.3 Å². The van der Waals surface area contributed by atoms with Crippen LogP contribution in [0, 0.1) is 5.82 Å². The van der Waals surface area contributed by atoms with E-state index in [2.05, 4.69) is 10.1 Å². The molecule has 1 aromatic heterocycles. The van der Waals surface area contributed by atoms with Gasteiger partial charge < -0.3 is 10.3 Å². The van der Waals surface area contributed by atoms with Gasteiger partial charge >= 0.3 is 0 Å². The van der Waals surface area contributed by atoms with Gasteiger partial charge in [-0.25, -0.2) is 4.39 Å². The van der Waals surface area contributed by atoms with Crippen molar-refractivity contribution in [3.63, 3.8) is 0 Å². The largest absolute Gasteiger partial charge is 0.398 e. The van der Waals surface area contributed by atoms with E-state index < -0.39 is 5.82 Å². The Morgan fingerprint density at radius 1 is 1.10 bits per heavy atom. The molecular weight excluding hydrogens is 281 g/mol. The maximum Gasteiger partial charge on any atom is 0.260 e. The van der Waals surface area contributed by atoms with Crippen molar-refractivity contribution < 1.29 is 8.91 Å². The first-order valence-corrected chi connectivity index (χ1v) is 6.16. The van der Waals surface area contributed by atoms with E-state index >= 15 is 0 Å². The summed E-state index contributed by atoms with van der Waals surface area (Å²) in [7, 11) is 0. The van der Waals surface area contributed by atoms with Gasteiger partial charge in [0.05, 0.1) is 5.56 Å². The Bertz CT molecular complexity index is 755. The molecule has 0 saturated carbocycles. The van der Waals surface area contributed by atoms with E-state index in [-0.39, 0.29) is 11.6 Å². The number of hydrogen-bond donors (Lipinski definition) is 1. The van der Waals surface area contributed by atoms with Gasteiger partial charge in [-0.15, -0.1) is 0 Å². The van der Waals surface area contributed by atoms with Crippen molar-refractivity contribution in [2.24, 2.45) is 0 Å².